The molecule has 6 atom stereocenters. The summed E-state index contributed by atoms with van der Waals surface area (Å²) in [6.45, 7) is 1.23. The molecule has 19 heteroatoms. The van der Waals surface area contributed by atoms with Gasteiger partial charge in [-0.15, -0.1) is 0 Å². The van der Waals surface area contributed by atoms with Crippen molar-refractivity contribution in [3.05, 3.63) is 53.7 Å². The number of fused-ring (bicyclic) bond motifs is 1. The van der Waals surface area contributed by atoms with E-state index in [1.165, 1.54) is 107 Å². The van der Waals surface area contributed by atoms with Crippen molar-refractivity contribution in [3.63, 3.8) is 0 Å². The lowest BCUT2D eigenvalue weighted by atomic mass is 9.92. The summed E-state index contributed by atoms with van der Waals surface area (Å²) < 4.78 is 81.5. The van der Waals surface area contributed by atoms with Crippen LogP contribution >= 0.6 is 7.82 Å². The third kappa shape index (κ3) is 16.0. The van der Waals surface area contributed by atoms with Crippen molar-refractivity contribution in [2.45, 2.75) is 151 Å². The summed E-state index contributed by atoms with van der Waals surface area (Å²) in [6.07, 6.45) is 17.5. The predicted molar refractivity (Wildman–Crippen MR) is 231 cm³/mol. The lowest BCUT2D eigenvalue weighted by Crippen LogP contribution is -2.43. The number of rotatable bonds is 31. The summed E-state index contributed by atoms with van der Waals surface area (Å²) in [7, 11) is -7.15. The van der Waals surface area contributed by atoms with E-state index in [2.05, 4.69) is 22.0 Å². The van der Waals surface area contributed by atoms with Crippen LogP contribution in [0, 0.1) is 5.82 Å². The average Bonchev–Trinajstić information content (AvgIpc) is 3.75. The quantitative estimate of drug-likeness (QED) is 0.0294. The van der Waals surface area contributed by atoms with Crippen LogP contribution in [-0.4, -0.2) is 108 Å². The Hall–Kier alpha value is -2.90. The van der Waals surface area contributed by atoms with E-state index in [0.717, 1.165) is 44.1 Å². The summed E-state index contributed by atoms with van der Waals surface area (Å²) >= 11 is 0. The molecular formula is C42H67FN5O11PS. The number of nitrogens with two attached hydrogens (primary N) is 1. The number of hydrogen-bond acceptors (Lipinski definition) is 14. The van der Waals surface area contributed by atoms with Crippen LogP contribution in [0.25, 0.3) is 5.52 Å². The minimum Gasteiger partial charge on any atom is -0.387 e. The summed E-state index contributed by atoms with van der Waals surface area (Å²) in [5, 5.41) is 26.5. The molecule has 16 nitrogen and oxygen atoms in total. The number of nitrogens with zero attached hydrogens (tertiary/aromatic N) is 4. The molecule has 0 saturated carbocycles. The highest BCUT2D eigenvalue weighted by atomic mass is 32.2. The number of unbranched alkanes of at least 4 members (excludes halogenated alkanes) is 15. The largest absolute Gasteiger partial charge is 0.472 e. The number of sulfone groups is 1. The zero-order valence-electron chi connectivity index (χ0n) is 35.9. The van der Waals surface area contributed by atoms with E-state index >= 15 is 0 Å². The molecule has 1 unspecified atom stereocenters. The molecule has 1 saturated heterocycles. The molecule has 5 N–H and O–H groups in total. The van der Waals surface area contributed by atoms with Gasteiger partial charge in [0, 0.05) is 26.1 Å². The molecule has 0 aliphatic carbocycles. The highest BCUT2D eigenvalue weighted by molar-refractivity contribution is 7.90. The molecule has 0 radical (unpaired) electrons. The molecule has 0 bridgehead atoms. The molecule has 344 valence electrons. The third-order valence-electron chi connectivity index (χ3n) is 10.8. The van der Waals surface area contributed by atoms with Gasteiger partial charge in [0.25, 0.3) is 0 Å². The zero-order valence-corrected chi connectivity index (χ0v) is 37.6. The van der Waals surface area contributed by atoms with Gasteiger partial charge in [-0.25, -0.2) is 26.9 Å². The fourth-order valence-electron chi connectivity index (χ4n) is 7.49. The van der Waals surface area contributed by atoms with E-state index in [-0.39, 0.29) is 41.8 Å². The fourth-order valence-corrected chi connectivity index (χ4v) is 9.08. The number of aliphatic hydroxyl groups excluding tert-OH is 2. The fraction of sp³-hybridized carbons (Fsp3) is 0.690. The minimum atomic E-state index is -4.90. The molecule has 1 aromatic carbocycles. The standard InChI is InChI=1S/C42H67FN5O11PS/c1-4-5-6-7-8-9-10-11-12-13-14-15-16-17-18-19-22-55-27-34(28-56-26-32-23-33(43)25-35(24-32)61(3,53)54)59-60(51,52)57-29-37-39(49)40(50)42(58-37,30-45-2)38-21-20-36-41(44)46-31-47-48(36)38/h20-21,23-25,30-31,34,37,39-40,49-50H,4-19,22,26-29H2,1-3H3,(H,51,52)(H2,44,46,47)/t34-,37-,39-,40-,42+/m1/s1. The molecule has 4 rings (SSSR count). The molecule has 0 amide bonds. The summed E-state index contributed by atoms with van der Waals surface area (Å²) in [5.74, 6) is -0.596. The lowest BCUT2D eigenvalue weighted by molar-refractivity contribution is -0.0607. The van der Waals surface area contributed by atoms with Crippen LogP contribution in [0.5, 0.6) is 0 Å². The number of hydrogen-bond donors (Lipinski definition) is 4. The smallest absolute Gasteiger partial charge is 0.387 e. The Bertz CT molecular complexity index is 1960. The second kappa shape index (κ2) is 25.4. The molecule has 2 aromatic heterocycles. The third-order valence-corrected chi connectivity index (χ3v) is 12.9. The van der Waals surface area contributed by atoms with Gasteiger partial charge in [-0.05, 0) is 42.3 Å². The molecule has 1 aliphatic heterocycles. The number of phosphoric ester groups is 1. The molecule has 0 spiro atoms. The van der Waals surface area contributed by atoms with Gasteiger partial charge in [0.1, 0.15) is 42.1 Å². The molecule has 3 heterocycles. The topological polar surface area (TPSA) is 227 Å². The number of phosphoric acid groups is 1. The van der Waals surface area contributed by atoms with Crippen LogP contribution in [-0.2, 0) is 49.9 Å². The Labute approximate surface area is 359 Å². The van der Waals surface area contributed by atoms with Crippen molar-refractivity contribution < 1.29 is 55.7 Å². The van der Waals surface area contributed by atoms with Crippen molar-refractivity contribution in [2.75, 3.05) is 45.5 Å². The van der Waals surface area contributed by atoms with E-state index in [9.17, 15) is 32.5 Å². The van der Waals surface area contributed by atoms with Crippen LogP contribution in [0.1, 0.15) is 121 Å². The van der Waals surface area contributed by atoms with Crippen LogP contribution in [0.2, 0.25) is 0 Å². The maximum atomic E-state index is 14.2. The Morgan fingerprint density at radius 3 is 2.18 bits per heavy atom. The van der Waals surface area contributed by atoms with Gasteiger partial charge in [-0.2, -0.15) is 5.10 Å². The average molecular weight is 900 g/mol. The number of aliphatic hydroxyl groups is 2. The number of nitrogen functional groups attached to an aromatic ring is 1. The summed E-state index contributed by atoms with van der Waals surface area (Å²) in [5.41, 5.74) is 5.15. The van der Waals surface area contributed by atoms with Gasteiger partial charge in [0.05, 0.1) is 37.0 Å². The van der Waals surface area contributed by atoms with E-state index in [1.807, 2.05) is 0 Å². The summed E-state index contributed by atoms with van der Waals surface area (Å²) in [4.78, 5) is 18.6. The number of halogens is 1. The number of aliphatic imine (C=N–C) groups is 1. The van der Waals surface area contributed by atoms with Crippen LogP contribution < -0.4 is 5.73 Å². The summed E-state index contributed by atoms with van der Waals surface area (Å²) in [6, 6.07) is 6.51. The molecule has 1 fully saturated rings. The van der Waals surface area contributed by atoms with E-state index in [0.29, 0.717) is 12.1 Å². The molecule has 1 aliphatic rings. The molecule has 3 aromatic rings. The van der Waals surface area contributed by atoms with E-state index in [4.69, 9.17) is 29.0 Å². The second-order valence-corrected chi connectivity index (χ2v) is 19.3. The highest BCUT2D eigenvalue weighted by Crippen LogP contribution is 2.47. The highest BCUT2D eigenvalue weighted by Gasteiger charge is 2.56. The number of ether oxygens (including phenoxy) is 3. The maximum absolute atomic E-state index is 14.2. The van der Waals surface area contributed by atoms with Crippen LogP contribution in [0.3, 0.4) is 0 Å². The minimum absolute atomic E-state index is 0.159. The maximum Gasteiger partial charge on any atom is 0.472 e. The second-order valence-electron chi connectivity index (χ2n) is 15.9. The van der Waals surface area contributed by atoms with Crippen molar-refractivity contribution >= 4 is 35.2 Å². The van der Waals surface area contributed by atoms with Gasteiger partial charge in [0.15, 0.2) is 21.3 Å². The Kier molecular flexibility index (Phi) is 21.1. The van der Waals surface area contributed by atoms with Gasteiger partial charge < -0.3 is 35.1 Å². The first-order valence-electron chi connectivity index (χ1n) is 21.6. The number of benzene rings is 1. The SMILES string of the molecule is CCCCCCCCCCCCCCCCCCOC[C@H](COCc1cc(F)cc(S(C)(=O)=O)c1)OP(=O)(O)OC[C@H]1O[C@@](C=NC)(c2ccc3c(N)ncnn23)[C@H](O)[C@@H]1O. The Balaban J connectivity index is 1.27. The Morgan fingerprint density at radius 2 is 1.57 bits per heavy atom. The van der Waals surface area contributed by atoms with Gasteiger partial charge >= 0.3 is 7.82 Å². The Morgan fingerprint density at radius 1 is 0.967 bits per heavy atom. The first kappa shape index (κ1) is 50.7. The van der Waals surface area contributed by atoms with Crippen LogP contribution in [0.15, 0.2) is 46.5 Å². The van der Waals surface area contributed by atoms with Crippen molar-refractivity contribution in [1.29, 1.82) is 0 Å². The van der Waals surface area contributed by atoms with Crippen molar-refractivity contribution in [2.24, 2.45) is 4.99 Å². The van der Waals surface area contributed by atoms with E-state index < -0.39 is 60.1 Å². The van der Waals surface area contributed by atoms with E-state index in [1.54, 1.807) is 12.1 Å². The van der Waals surface area contributed by atoms with Crippen molar-refractivity contribution in [1.82, 2.24) is 14.6 Å². The van der Waals surface area contributed by atoms with Crippen molar-refractivity contribution in [3.8, 4) is 0 Å². The first-order valence-corrected chi connectivity index (χ1v) is 25.0. The first-order chi connectivity index (χ1) is 29.2. The molecular weight excluding hydrogens is 833 g/mol. The van der Waals surface area contributed by atoms with Gasteiger partial charge in [-0.1, -0.05) is 103 Å². The monoisotopic (exact) mass is 899 g/mol. The zero-order chi connectivity index (χ0) is 44.3. The predicted octanol–water partition coefficient (Wildman–Crippen LogP) is 6.87. The number of aromatic nitrogens is 3. The van der Waals surface area contributed by atoms with Crippen LogP contribution in [0.4, 0.5) is 10.2 Å². The van der Waals surface area contributed by atoms with Gasteiger partial charge in [-0.3, -0.25) is 14.0 Å². The lowest BCUT2D eigenvalue weighted by Gasteiger charge is -2.28. The molecule has 61 heavy (non-hydrogen) atoms. The number of anilines is 1. The van der Waals surface area contributed by atoms with Gasteiger partial charge in [0.2, 0.25) is 0 Å². The normalized spacial score (nSPS) is 21.1.